The zero-order chi connectivity index (χ0) is 12.3. The summed E-state index contributed by atoms with van der Waals surface area (Å²) in [6, 6.07) is 0. The van der Waals surface area contributed by atoms with Gasteiger partial charge in [-0.3, -0.25) is 4.79 Å². The van der Waals surface area contributed by atoms with E-state index in [-0.39, 0.29) is 5.92 Å². The van der Waals surface area contributed by atoms with E-state index in [2.05, 4.69) is 6.92 Å². The first-order valence-corrected chi connectivity index (χ1v) is 6.85. The minimum absolute atomic E-state index is 0.0668. The van der Waals surface area contributed by atoms with Gasteiger partial charge >= 0.3 is 0 Å². The van der Waals surface area contributed by atoms with Crippen LogP contribution in [-0.2, 0) is 14.3 Å². The first-order valence-electron chi connectivity index (χ1n) is 6.85. The van der Waals surface area contributed by atoms with Crippen LogP contribution in [-0.4, -0.2) is 31.7 Å². The smallest absolute Gasteiger partial charge is 0.169 e. The van der Waals surface area contributed by atoms with Gasteiger partial charge in [0.1, 0.15) is 5.60 Å². The largest absolute Gasteiger partial charge is 0.381 e. The average molecular weight is 240 g/mol. The minimum atomic E-state index is -0.502. The number of hydrogen-bond acceptors (Lipinski definition) is 3. The maximum Gasteiger partial charge on any atom is 0.169 e. The number of ether oxygens (including phenoxy) is 2. The molecule has 1 unspecified atom stereocenters. The topological polar surface area (TPSA) is 35.5 Å². The number of carbonyl (C=O) groups is 1. The fourth-order valence-electron chi connectivity index (χ4n) is 3.10. The highest BCUT2D eigenvalue weighted by molar-refractivity contribution is 5.89. The average Bonchev–Trinajstić information content (AvgIpc) is 2.40. The molecule has 1 saturated carbocycles. The van der Waals surface area contributed by atoms with Gasteiger partial charge in [-0.25, -0.2) is 0 Å². The van der Waals surface area contributed by atoms with E-state index in [1.165, 1.54) is 0 Å². The summed E-state index contributed by atoms with van der Waals surface area (Å²) in [5.74, 6) is 1.09. The van der Waals surface area contributed by atoms with Crippen molar-refractivity contribution in [3.63, 3.8) is 0 Å². The lowest BCUT2D eigenvalue weighted by atomic mass is 9.73. The normalized spacial score (nSPS) is 38.9. The Labute approximate surface area is 104 Å². The van der Waals surface area contributed by atoms with Gasteiger partial charge in [0.2, 0.25) is 0 Å². The van der Waals surface area contributed by atoms with Crippen LogP contribution in [0.3, 0.4) is 0 Å². The third-order valence-corrected chi connectivity index (χ3v) is 4.45. The SMILES string of the molecule is COC1(C(=O)C2CCCOC2)CCC(C)CC1. The molecule has 0 radical (unpaired) electrons. The van der Waals surface area contributed by atoms with E-state index in [1.54, 1.807) is 7.11 Å². The van der Waals surface area contributed by atoms with Crippen molar-refractivity contribution in [1.82, 2.24) is 0 Å². The van der Waals surface area contributed by atoms with E-state index in [4.69, 9.17) is 9.47 Å². The van der Waals surface area contributed by atoms with Gasteiger partial charge in [0.15, 0.2) is 5.78 Å². The van der Waals surface area contributed by atoms with Gasteiger partial charge in [-0.05, 0) is 44.4 Å². The van der Waals surface area contributed by atoms with Gasteiger partial charge in [0.25, 0.3) is 0 Å². The van der Waals surface area contributed by atoms with Crippen molar-refractivity contribution < 1.29 is 14.3 Å². The summed E-state index contributed by atoms with van der Waals surface area (Å²) in [5.41, 5.74) is -0.502. The van der Waals surface area contributed by atoms with Crippen LogP contribution in [0, 0.1) is 11.8 Å². The highest BCUT2D eigenvalue weighted by Gasteiger charge is 2.44. The van der Waals surface area contributed by atoms with Crippen LogP contribution in [0.5, 0.6) is 0 Å². The fraction of sp³-hybridized carbons (Fsp3) is 0.929. The molecule has 1 atom stereocenters. The van der Waals surface area contributed by atoms with Crippen molar-refractivity contribution in [1.29, 1.82) is 0 Å². The summed E-state index contributed by atoms with van der Waals surface area (Å²) in [7, 11) is 1.69. The van der Waals surface area contributed by atoms with Crippen LogP contribution in [0.1, 0.15) is 45.4 Å². The molecular formula is C14H24O3. The summed E-state index contributed by atoms with van der Waals surface area (Å²) < 4.78 is 11.1. The minimum Gasteiger partial charge on any atom is -0.381 e. The first kappa shape index (κ1) is 13.0. The predicted molar refractivity (Wildman–Crippen MR) is 65.9 cm³/mol. The van der Waals surface area contributed by atoms with Crippen molar-refractivity contribution in [3.8, 4) is 0 Å². The molecule has 0 spiro atoms. The Morgan fingerprint density at radius 2 is 2.00 bits per heavy atom. The Bertz CT molecular complexity index is 261. The summed E-state index contributed by atoms with van der Waals surface area (Å²) in [6.07, 6.45) is 5.96. The summed E-state index contributed by atoms with van der Waals surface area (Å²) in [6.45, 7) is 3.66. The van der Waals surface area contributed by atoms with Crippen molar-refractivity contribution in [3.05, 3.63) is 0 Å². The number of methoxy groups -OCH3 is 1. The lowest BCUT2D eigenvalue weighted by Crippen LogP contribution is -2.48. The molecule has 2 fully saturated rings. The highest BCUT2D eigenvalue weighted by atomic mass is 16.5. The van der Waals surface area contributed by atoms with Gasteiger partial charge < -0.3 is 9.47 Å². The number of Topliss-reactive ketones (excluding diaryl/α,β-unsaturated/α-hetero) is 1. The molecule has 0 aromatic rings. The summed E-state index contributed by atoms with van der Waals surface area (Å²) in [5, 5.41) is 0. The van der Waals surface area contributed by atoms with Crippen LogP contribution in [0.25, 0.3) is 0 Å². The number of ketones is 1. The fourth-order valence-corrected chi connectivity index (χ4v) is 3.10. The molecule has 98 valence electrons. The molecule has 0 aromatic carbocycles. The Hall–Kier alpha value is -0.410. The van der Waals surface area contributed by atoms with Crippen LogP contribution in [0.4, 0.5) is 0 Å². The molecule has 3 nitrogen and oxygen atoms in total. The number of rotatable bonds is 3. The van der Waals surface area contributed by atoms with Gasteiger partial charge in [-0.1, -0.05) is 6.92 Å². The predicted octanol–water partition coefficient (Wildman–Crippen LogP) is 2.58. The number of carbonyl (C=O) groups excluding carboxylic acids is 1. The van der Waals surface area contributed by atoms with Crippen LogP contribution in [0.2, 0.25) is 0 Å². The Balaban J connectivity index is 2.03. The maximum absolute atomic E-state index is 12.6. The quantitative estimate of drug-likeness (QED) is 0.760. The van der Waals surface area contributed by atoms with E-state index < -0.39 is 5.60 Å². The molecule has 1 aliphatic heterocycles. The van der Waals surface area contributed by atoms with E-state index in [0.29, 0.717) is 12.4 Å². The standard InChI is InChI=1S/C14H24O3/c1-11-5-7-14(16-2,8-6-11)13(15)12-4-3-9-17-10-12/h11-12H,3-10H2,1-2H3. The van der Waals surface area contributed by atoms with Crippen molar-refractivity contribution in [2.75, 3.05) is 20.3 Å². The van der Waals surface area contributed by atoms with Crippen LogP contribution in [0.15, 0.2) is 0 Å². The zero-order valence-electron chi connectivity index (χ0n) is 11.0. The van der Waals surface area contributed by atoms with Crippen molar-refractivity contribution in [2.24, 2.45) is 11.8 Å². The van der Waals surface area contributed by atoms with Crippen molar-refractivity contribution >= 4 is 5.78 Å². The Kier molecular flexibility index (Phi) is 4.21. The summed E-state index contributed by atoms with van der Waals surface area (Å²) in [4.78, 5) is 12.6. The molecule has 0 amide bonds. The van der Waals surface area contributed by atoms with Gasteiger partial charge in [-0.2, -0.15) is 0 Å². The molecule has 0 N–H and O–H groups in total. The lowest BCUT2D eigenvalue weighted by molar-refractivity contribution is -0.154. The molecule has 1 saturated heterocycles. The first-order chi connectivity index (χ1) is 8.18. The third-order valence-electron chi connectivity index (χ3n) is 4.45. The van der Waals surface area contributed by atoms with Gasteiger partial charge in [0.05, 0.1) is 6.61 Å². The van der Waals surface area contributed by atoms with E-state index in [1.807, 2.05) is 0 Å². The van der Waals surface area contributed by atoms with Gasteiger partial charge in [-0.15, -0.1) is 0 Å². The van der Waals surface area contributed by atoms with E-state index >= 15 is 0 Å². The molecule has 17 heavy (non-hydrogen) atoms. The molecule has 0 bridgehead atoms. The Morgan fingerprint density at radius 3 is 2.53 bits per heavy atom. The molecular weight excluding hydrogens is 216 g/mol. The van der Waals surface area contributed by atoms with Gasteiger partial charge in [0, 0.05) is 19.6 Å². The second kappa shape index (κ2) is 5.49. The molecule has 3 heteroatoms. The van der Waals surface area contributed by atoms with Crippen LogP contribution < -0.4 is 0 Å². The summed E-state index contributed by atoms with van der Waals surface area (Å²) >= 11 is 0. The maximum atomic E-state index is 12.6. The zero-order valence-corrected chi connectivity index (χ0v) is 11.0. The van der Waals surface area contributed by atoms with E-state index in [9.17, 15) is 4.79 Å². The third kappa shape index (κ3) is 2.71. The monoisotopic (exact) mass is 240 g/mol. The molecule has 1 heterocycles. The van der Waals surface area contributed by atoms with Crippen molar-refractivity contribution in [2.45, 2.75) is 51.0 Å². The second-order valence-electron chi connectivity index (χ2n) is 5.66. The second-order valence-corrected chi connectivity index (χ2v) is 5.66. The van der Waals surface area contributed by atoms with Crippen LogP contribution >= 0.6 is 0 Å². The molecule has 1 aliphatic carbocycles. The van der Waals surface area contributed by atoms with E-state index in [0.717, 1.165) is 51.0 Å². The molecule has 2 rings (SSSR count). The Morgan fingerprint density at radius 1 is 1.29 bits per heavy atom. The lowest BCUT2D eigenvalue weighted by Gasteiger charge is -2.39. The molecule has 0 aromatic heterocycles. The number of hydrogen-bond donors (Lipinski definition) is 0. The highest BCUT2D eigenvalue weighted by Crippen LogP contribution is 2.37. The molecule has 2 aliphatic rings.